The lowest BCUT2D eigenvalue weighted by Crippen LogP contribution is -2.05. The Bertz CT molecular complexity index is 638. The molecule has 5 nitrogen and oxygen atoms in total. The van der Waals surface area contributed by atoms with E-state index in [2.05, 4.69) is 9.97 Å². The number of rotatable bonds is 4. The average molecular weight is 285 g/mol. The fraction of sp³-hybridized carbons (Fsp3) is 0.167. The highest BCUT2D eigenvalue weighted by atomic mass is 19.1. The van der Waals surface area contributed by atoms with Gasteiger partial charge in [-0.15, -0.1) is 0 Å². The van der Waals surface area contributed by atoms with Gasteiger partial charge in [-0.3, -0.25) is 0 Å². The van der Waals surface area contributed by atoms with E-state index in [1.54, 1.807) is 0 Å². The Morgan fingerprint density at radius 1 is 1.20 bits per heavy atom. The molecule has 0 aliphatic heterocycles. The van der Waals surface area contributed by atoms with Crippen LogP contribution in [-0.2, 0) is 6.61 Å². The highest BCUT2D eigenvalue weighted by molar-refractivity contribution is 5.35. The third-order valence-corrected chi connectivity index (χ3v) is 2.40. The van der Waals surface area contributed by atoms with Crippen molar-refractivity contribution < 1.29 is 22.6 Å². The van der Waals surface area contributed by atoms with Gasteiger partial charge in [0, 0.05) is 11.6 Å². The van der Waals surface area contributed by atoms with Gasteiger partial charge in [-0.25, -0.2) is 18.2 Å². The Kier molecular flexibility index (Phi) is 3.92. The normalized spacial score (nSPS) is 10.4. The minimum Gasteiger partial charge on any atom is -0.493 e. The maximum atomic E-state index is 13.4. The van der Waals surface area contributed by atoms with Crippen molar-refractivity contribution in [2.24, 2.45) is 0 Å². The van der Waals surface area contributed by atoms with Crippen LogP contribution in [0.4, 0.5) is 19.0 Å². The molecule has 0 aliphatic rings. The number of nitrogens with zero attached hydrogens (tertiary/aromatic N) is 2. The van der Waals surface area contributed by atoms with Gasteiger partial charge in [0.05, 0.1) is 13.3 Å². The number of nitrogen functional groups attached to an aromatic ring is 1. The molecule has 0 unspecified atom stereocenters. The zero-order valence-electron chi connectivity index (χ0n) is 10.4. The van der Waals surface area contributed by atoms with Crippen molar-refractivity contribution in [2.75, 3.05) is 12.8 Å². The van der Waals surface area contributed by atoms with Crippen LogP contribution in [0.1, 0.15) is 5.56 Å². The zero-order valence-corrected chi connectivity index (χ0v) is 10.4. The molecule has 0 fully saturated rings. The summed E-state index contributed by atoms with van der Waals surface area (Å²) in [6.07, 6.45) is 0.834. The molecular formula is C12H10F3N3O2. The molecule has 8 heteroatoms. The molecule has 1 aromatic carbocycles. The number of aromatic nitrogens is 2. The number of anilines is 1. The molecule has 0 bridgehead atoms. The lowest BCUT2D eigenvalue weighted by Gasteiger charge is -2.10. The Labute approximate surface area is 112 Å². The highest BCUT2D eigenvalue weighted by Crippen LogP contribution is 2.25. The molecule has 0 spiro atoms. The molecule has 0 saturated carbocycles. The monoisotopic (exact) mass is 285 g/mol. The van der Waals surface area contributed by atoms with E-state index in [9.17, 15) is 13.2 Å². The summed E-state index contributed by atoms with van der Waals surface area (Å²) < 4.78 is 49.3. The summed E-state index contributed by atoms with van der Waals surface area (Å²) in [4.78, 5) is 7.07. The van der Waals surface area contributed by atoms with E-state index in [-0.39, 0.29) is 29.7 Å². The van der Waals surface area contributed by atoms with Crippen LogP contribution < -0.4 is 15.2 Å². The van der Waals surface area contributed by atoms with E-state index in [1.807, 2.05) is 0 Å². The zero-order chi connectivity index (χ0) is 14.7. The van der Waals surface area contributed by atoms with Gasteiger partial charge >= 0.3 is 6.01 Å². The molecule has 0 atom stereocenters. The summed E-state index contributed by atoms with van der Waals surface area (Å²) in [5, 5.41) is 0. The van der Waals surface area contributed by atoms with Gasteiger partial charge in [-0.1, -0.05) is 0 Å². The van der Waals surface area contributed by atoms with Gasteiger partial charge in [0.2, 0.25) is 0 Å². The van der Waals surface area contributed by atoms with Crippen LogP contribution >= 0.6 is 0 Å². The van der Waals surface area contributed by atoms with E-state index in [4.69, 9.17) is 15.2 Å². The number of hydrogen-bond donors (Lipinski definition) is 1. The minimum atomic E-state index is -0.856. The summed E-state index contributed by atoms with van der Waals surface area (Å²) >= 11 is 0. The number of methoxy groups -OCH3 is 1. The van der Waals surface area contributed by atoms with E-state index < -0.39 is 17.5 Å². The first kappa shape index (κ1) is 13.9. The van der Waals surface area contributed by atoms with E-state index in [1.165, 1.54) is 7.11 Å². The summed E-state index contributed by atoms with van der Waals surface area (Å²) in [7, 11) is 1.24. The molecule has 0 amide bonds. The van der Waals surface area contributed by atoms with Crippen molar-refractivity contribution in [1.29, 1.82) is 0 Å². The van der Waals surface area contributed by atoms with Gasteiger partial charge in [-0.2, -0.15) is 4.98 Å². The molecule has 0 aliphatic carbocycles. The lowest BCUT2D eigenvalue weighted by atomic mass is 10.2. The van der Waals surface area contributed by atoms with Crippen LogP contribution in [0.15, 0.2) is 18.3 Å². The summed E-state index contributed by atoms with van der Waals surface area (Å²) in [5.41, 5.74) is 5.36. The van der Waals surface area contributed by atoms with Gasteiger partial charge < -0.3 is 15.2 Å². The maximum absolute atomic E-state index is 13.4. The molecule has 2 aromatic rings. The van der Waals surface area contributed by atoms with Gasteiger partial charge in [0.25, 0.3) is 0 Å². The Balaban J connectivity index is 2.20. The van der Waals surface area contributed by atoms with Crippen molar-refractivity contribution in [3.05, 3.63) is 41.3 Å². The number of ether oxygens (including phenoxy) is 2. The van der Waals surface area contributed by atoms with Gasteiger partial charge in [0.1, 0.15) is 12.4 Å². The SMILES string of the molecule is COc1c(F)cc(F)cc1COc1ncc(F)c(N)n1. The first-order valence-electron chi connectivity index (χ1n) is 5.44. The molecule has 20 heavy (non-hydrogen) atoms. The number of halogens is 3. The van der Waals surface area contributed by atoms with Crippen LogP contribution in [0.3, 0.4) is 0 Å². The number of nitrogens with two attached hydrogens (primary N) is 1. The van der Waals surface area contributed by atoms with Crippen molar-refractivity contribution in [3.8, 4) is 11.8 Å². The summed E-state index contributed by atoms with van der Waals surface area (Å²) in [5.74, 6) is -2.95. The quantitative estimate of drug-likeness (QED) is 0.931. The second kappa shape index (κ2) is 5.64. The third kappa shape index (κ3) is 2.90. The highest BCUT2D eigenvalue weighted by Gasteiger charge is 2.13. The fourth-order valence-corrected chi connectivity index (χ4v) is 1.52. The van der Waals surface area contributed by atoms with Crippen molar-refractivity contribution in [1.82, 2.24) is 9.97 Å². The maximum Gasteiger partial charge on any atom is 0.318 e. The summed E-state index contributed by atoms with van der Waals surface area (Å²) in [6, 6.07) is 1.53. The smallest absolute Gasteiger partial charge is 0.318 e. The minimum absolute atomic E-state index is 0.122. The van der Waals surface area contributed by atoms with E-state index in [0.29, 0.717) is 6.07 Å². The Hall–Kier alpha value is -2.51. The first-order valence-corrected chi connectivity index (χ1v) is 5.44. The predicted octanol–water partition coefficient (Wildman–Crippen LogP) is 2.06. The average Bonchev–Trinajstić information content (AvgIpc) is 2.39. The molecule has 2 N–H and O–H groups in total. The fourth-order valence-electron chi connectivity index (χ4n) is 1.52. The van der Waals surface area contributed by atoms with Crippen molar-refractivity contribution >= 4 is 5.82 Å². The molecule has 0 saturated heterocycles. The Morgan fingerprint density at radius 2 is 1.95 bits per heavy atom. The number of benzene rings is 1. The second-order valence-corrected chi connectivity index (χ2v) is 3.75. The lowest BCUT2D eigenvalue weighted by molar-refractivity contribution is 0.269. The number of hydrogen-bond acceptors (Lipinski definition) is 5. The standard InChI is InChI=1S/C12H10F3N3O2/c1-19-10-6(2-7(13)3-8(10)14)5-20-12-17-4-9(15)11(16)18-12/h2-4H,5H2,1H3,(H2,16,17,18). The van der Waals surface area contributed by atoms with Crippen LogP contribution in [0.25, 0.3) is 0 Å². The third-order valence-electron chi connectivity index (χ3n) is 2.40. The molecule has 1 aromatic heterocycles. The van der Waals surface area contributed by atoms with E-state index in [0.717, 1.165) is 12.3 Å². The van der Waals surface area contributed by atoms with Crippen LogP contribution in [-0.4, -0.2) is 17.1 Å². The Morgan fingerprint density at radius 3 is 2.60 bits per heavy atom. The van der Waals surface area contributed by atoms with Crippen LogP contribution in [0.5, 0.6) is 11.8 Å². The first-order chi connectivity index (χ1) is 9.51. The predicted molar refractivity (Wildman–Crippen MR) is 63.6 cm³/mol. The molecule has 106 valence electrons. The van der Waals surface area contributed by atoms with E-state index >= 15 is 0 Å². The van der Waals surface area contributed by atoms with Crippen molar-refractivity contribution in [2.45, 2.75) is 6.61 Å². The van der Waals surface area contributed by atoms with Crippen LogP contribution in [0, 0.1) is 17.5 Å². The summed E-state index contributed by atoms with van der Waals surface area (Å²) in [6.45, 7) is -0.261. The molecular weight excluding hydrogens is 275 g/mol. The topological polar surface area (TPSA) is 70.3 Å². The largest absolute Gasteiger partial charge is 0.493 e. The second-order valence-electron chi connectivity index (χ2n) is 3.75. The molecule has 2 rings (SSSR count). The van der Waals surface area contributed by atoms with Crippen molar-refractivity contribution in [3.63, 3.8) is 0 Å². The van der Waals surface area contributed by atoms with Gasteiger partial charge in [-0.05, 0) is 6.07 Å². The van der Waals surface area contributed by atoms with Gasteiger partial charge in [0.15, 0.2) is 23.2 Å². The molecule has 1 heterocycles. The molecule has 0 radical (unpaired) electrons. The van der Waals surface area contributed by atoms with Crippen LogP contribution in [0.2, 0.25) is 0 Å².